The van der Waals surface area contributed by atoms with Gasteiger partial charge in [0.2, 0.25) is 0 Å². The first kappa shape index (κ1) is 15.2. The third-order valence-electron chi connectivity index (χ3n) is 2.86. The van der Waals surface area contributed by atoms with Gasteiger partial charge in [-0.15, -0.1) is 0 Å². The van der Waals surface area contributed by atoms with Gasteiger partial charge in [0.1, 0.15) is 11.1 Å². The van der Waals surface area contributed by atoms with E-state index in [0.717, 1.165) is 7.11 Å². The summed E-state index contributed by atoms with van der Waals surface area (Å²) >= 11 is 0. The summed E-state index contributed by atoms with van der Waals surface area (Å²) in [6, 6.07) is 12.0. The van der Waals surface area contributed by atoms with E-state index >= 15 is 0 Å². The summed E-state index contributed by atoms with van der Waals surface area (Å²) in [6.45, 7) is 0. The quantitative estimate of drug-likeness (QED) is 0.688. The van der Waals surface area contributed by atoms with Crippen LogP contribution in [-0.4, -0.2) is 30.1 Å². The molecule has 0 unspecified atom stereocenters. The number of hydrogen-bond acceptors (Lipinski definition) is 5. The Morgan fingerprint density at radius 1 is 0.864 bits per heavy atom. The summed E-state index contributed by atoms with van der Waals surface area (Å²) in [7, 11) is 1.15. The standard InChI is InChI=1S/C16H12O6/c1-21-16(20)12-9-5-8-11(14(17)18)13(12)22-15(19)10-6-3-2-4-7-10/h2-9H,1H3,(H,17,18). The highest BCUT2D eigenvalue weighted by Gasteiger charge is 2.23. The fourth-order valence-electron chi connectivity index (χ4n) is 1.81. The third kappa shape index (κ3) is 3.12. The number of benzene rings is 2. The van der Waals surface area contributed by atoms with Crippen LogP contribution in [0.25, 0.3) is 0 Å². The molecule has 2 rings (SSSR count). The van der Waals surface area contributed by atoms with Gasteiger partial charge in [-0.25, -0.2) is 14.4 Å². The predicted molar refractivity (Wildman–Crippen MR) is 76.1 cm³/mol. The Morgan fingerprint density at radius 2 is 1.50 bits per heavy atom. The molecule has 0 radical (unpaired) electrons. The average Bonchev–Trinajstić information content (AvgIpc) is 2.54. The Balaban J connectivity index is 2.46. The average molecular weight is 300 g/mol. The summed E-state index contributed by atoms with van der Waals surface area (Å²) in [5.74, 6) is -3.21. The Hall–Kier alpha value is -3.15. The molecule has 0 aromatic heterocycles. The molecule has 0 amide bonds. The molecule has 0 fully saturated rings. The summed E-state index contributed by atoms with van der Waals surface area (Å²) in [5, 5.41) is 9.18. The van der Waals surface area contributed by atoms with Crippen molar-refractivity contribution in [2.75, 3.05) is 7.11 Å². The number of carbonyl (C=O) groups is 3. The van der Waals surface area contributed by atoms with Gasteiger partial charge < -0.3 is 14.6 Å². The minimum Gasteiger partial charge on any atom is -0.478 e. The fourth-order valence-corrected chi connectivity index (χ4v) is 1.81. The molecule has 0 heterocycles. The zero-order chi connectivity index (χ0) is 16.1. The Morgan fingerprint density at radius 3 is 2.09 bits per heavy atom. The maximum absolute atomic E-state index is 12.1. The lowest BCUT2D eigenvalue weighted by molar-refractivity contribution is 0.0592. The first-order valence-electron chi connectivity index (χ1n) is 6.26. The van der Waals surface area contributed by atoms with Crippen molar-refractivity contribution in [2.24, 2.45) is 0 Å². The van der Waals surface area contributed by atoms with E-state index in [1.807, 2.05) is 0 Å². The van der Waals surface area contributed by atoms with Crippen LogP contribution in [0.3, 0.4) is 0 Å². The number of esters is 2. The fraction of sp³-hybridized carbons (Fsp3) is 0.0625. The highest BCUT2D eigenvalue weighted by atomic mass is 16.5. The lowest BCUT2D eigenvalue weighted by Crippen LogP contribution is -2.15. The van der Waals surface area contributed by atoms with Crippen molar-refractivity contribution >= 4 is 17.9 Å². The van der Waals surface area contributed by atoms with Gasteiger partial charge >= 0.3 is 17.9 Å². The van der Waals surface area contributed by atoms with Gasteiger partial charge in [-0.05, 0) is 24.3 Å². The van der Waals surface area contributed by atoms with Crippen LogP contribution in [0.4, 0.5) is 0 Å². The molecule has 0 atom stereocenters. The maximum atomic E-state index is 12.1. The van der Waals surface area contributed by atoms with Crippen LogP contribution in [-0.2, 0) is 4.74 Å². The maximum Gasteiger partial charge on any atom is 0.343 e. The van der Waals surface area contributed by atoms with E-state index in [1.165, 1.54) is 30.3 Å². The molecule has 6 heteroatoms. The van der Waals surface area contributed by atoms with Gasteiger partial charge in [0, 0.05) is 0 Å². The molecule has 22 heavy (non-hydrogen) atoms. The summed E-state index contributed by atoms with van der Waals surface area (Å²) in [6.07, 6.45) is 0. The zero-order valence-corrected chi connectivity index (χ0v) is 11.6. The molecule has 2 aromatic carbocycles. The minimum absolute atomic E-state index is 0.133. The van der Waals surface area contributed by atoms with E-state index in [-0.39, 0.29) is 22.4 Å². The van der Waals surface area contributed by atoms with Gasteiger partial charge in [-0.1, -0.05) is 24.3 Å². The molecule has 2 aromatic rings. The number of para-hydroxylation sites is 1. The monoisotopic (exact) mass is 300 g/mol. The number of carboxylic acid groups (broad SMARTS) is 1. The highest BCUT2D eigenvalue weighted by molar-refractivity contribution is 6.02. The van der Waals surface area contributed by atoms with E-state index < -0.39 is 17.9 Å². The SMILES string of the molecule is COC(=O)c1cccc(C(=O)O)c1OC(=O)c1ccccc1. The van der Waals surface area contributed by atoms with E-state index in [9.17, 15) is 19.5 Å². The number of rotatable bonds is 4. The van der Waals surface area contributed by atoms with Crippen molar-refractivity contribution in [3.63, 3.8) is 0 Å². The van der Waals surface area contributed by atoms with E-state index in [2.05, 4.69) is 4.74 Å². The molecule has 0 aliphatic heterocycles. The van der Waals surface area contributed by atoms with Gasteiger partial charge in [-0.3, -0.25) is 0 Å². The second-order valence-electron chi connectivity index (χ2n) is 4.23. The third-order valence-corrected chi connectivity index (χ3v) is 2.86. The second-order valence-corrected chi connectivity index (χ2v) is 4.23. The van der Waals surface area contributed by atoms with Crippen LogP contribution < -0.4 is 4.74 Å². The van der Waals surface area contributed by atoms with Crippen molar-refractivity contribution < 1.29 is 29.0 Å². The topological polar surface area (TPSA) is 89.9 Å². The predicted octanol–water partition coefficient (Wildman–Crippen LogP) is 2.39. The number of aromatic carboxylic acids is 1. The minimum atomic E-state index is -1.32. The van der Waals surface area contributed by atoms with Crippen LogP contribution in [0.15, 0.2) is 48.5 Å². The second kappa shape index (κ2) is 6.53. The zero-order valence-electron chi connectivity index (χ0n) is 11.6. The normalized spacial score (nSPS) is 9.86. The van der Waals surface area contributed by atoms with Gasteiger partial charge in [-0.2, -0.15) is 0 Å². The smallest absolute Gasteiger partial charge is 0.343 e. The van der Waals surface area contributed by atoms with Crippen LogP contribution in [0.1, 0.15) is 31.1 Å². The Bertz CT molecular complexity index is 721. The molecule has 112 valence electrons. The first-order chi connectivity index (χ1) is 10.5. The van der Waals surface area contributed by atoms with Crippen LogP contribution >= 0.6 is 0 Å². The van der Waals surface area contributed by atoms with Gasteiger partial charge in [0.25, 0.3) is 0 Å². The van der Waals surface area contributed by atoms with Crippen molar-refractivity contribution in [2.45, 2.75) is 0 Å². The molecule has 1 N–H and O–H groups in total. The molecule has 0 aliphatic carbocycles. The molecule has 0 spiro atoms. The van der Waals surface area contributed by atoms with E-state index in [1.54, 1.807) is 18.2 Å². The van der Waals surface area contributed by atoms with Crippen molar-refractivity contribution in [1.29, 1.82) is 0 Å². The van der Waals surface area contributed by atoms with Gasteiger partial charge in [0.15, 0.2) is 5.75 Å². The molecule has 0 bridgehead atoms. The first-order valence-corrected chi connectivity index (χ1v) is 6.26. The molecule has 6 nitrogen and oxygen atoms in total. The molecular formula is C16H12O6. The number of ether oxygens (including phenoxy) is 2. The van der Waals surface area contributed by atoms with E-state index in [0.29, 0.717) is 0 Å². The Kier molecular flexibility index (Phi) is 4.53. The largest absolute Gasteiger partial charge is 0.478 e. The number of hydrogen-bond donors (Lipinski definition) is 1. The van der Waals surface area contributed by atoms with Gasteiger partial charge in [0.05, 0.1) is 12.7 Å². The van der Waals surface area contributed by atoms with Crippen LogP contribution in [0.5, 0.6) is 5.75 Å². The number of methoxy groups -OCH3 is 1. The van der Waals surface area contributed by atoms with Crippen molar-refractivity contribution in [3.05, 3.63) is 65.2 Å². The molecule has 0 saturated heterocycles. The lowest BCUT2D eigenvalue weighted by atomic mass is 10.1. The summed E-state index contributed by atoms with van der Waals surface area (Å²) in [4.78, 5) is 35.1. The number of carbonyl (C=O) groups excluding carboxylic acids is 2. The lowest BCUT2D eigenvalue weighted by Gasteiger charge is -2.11. The highest BCUT2D eigenvalue weighted by Crippen LogP contribution is 2.26. The molecule has 0 saturated carbocycles. The van der Waals surface area contributed by atoms with Crippen molar-refractivity contribution in [1.82, 2.24) is 0 Å². The van der Waals surface area contributed by atoms with E-state index in [4.69, 9.17) is 4.74 Å². The van der Waals surface area contributed by atoms with Crippen LogP contribution in [0, 0.1) is 0 Å². The van der Waals surface area contributed by atoms with Crippen LogP contribution in [0.2, 0.25) is 0 Å². The summed E-state index contributed by atoms with van der Waals surface area (Å²) in [5.41, 5.74) is -0.197. The molecular weight excluding hydrogens is 288 g/mol. The molecule has 0 aliphatic rings. The van der Waals surface area contributed by atoms with Crippen molar-refractivity contribution in [3.8, 4) is 5.75 Å². The summed E-state index contributed by atoms with van der Waals surface area (Å²) < 4.78 is 9.70. The number of carboxylic acids is 1. The Labute approximate surface area is 125 Å².